The highest BCUT2D eigenvalue weighted by atomic mass is 14.1. The van der Waals surface area contributed by atoms with Crippen LogP contribution in [0.5, 0.6) is 0 Å². The van der Waals surface area contributed by atoms with Gasteiger partial charge in [-0.15, -0.1) is 0 Å². The van der Waals surface area contributed by atoms with Crippen molar-refractivity contribution < 1.29 is 0 Å². The van der Waals surface area contributed by atoms with E-state index in [0.29, 0.717) is 0 Å². The van der Waals surface area contributed by atoms with Gasteiger partial charge in [-0.05, 0) is 98.3 Å². The van der Waals surface area contributed by atoms with Crippen molar-refractivity contribution in [3.05, 3.63) is 231 Å². The summed E-state index contributed by atoms with van der Waals surface area (Å²) in [6.07, 6.45) is 0. The Morgan fingerprint density at radius 1 is 0.139 bits per heavy atom. The molecular formula is C79H114. The number of fused-ring (bicyclic) bond motifs is 6. The highest BCUT2D eigenvalue weighted by Gasteiger charge is 2.06. The minimum Gasteiger partial charge on any atom is -0.0776 e. The minimum absolute atomic E-state index is 0. The first-order chi connectivity index (χ1) is 38.8. The fourth-order valence-electron chi connectivity index (χ4n) is 7.64. The molecule has 0 fully saturated rings. The molecule has 12 aromatic carbocycles. The van der Waals surface area contributed by atoms with E-state index in [9.17, 15) is 0 Å². The summed E-state index contributed by atoms with van der Waals surface area (Å²) in [6, 6.07) is 81.4. The molecule has 0 N–H and O–H groups in total. The maximum atomic E-state index is 2.24. The second-order valence-corrected chi connectivity index (χ2v) is 13.7. The van der Waals surface area contributed by atoms with Crippen molar-refractivity contribution in [2.45, 2.75) is 174 Å². The zero-order valence-corrected chi connectivity index (χ0v) is 53.9. The summed E-state index contributed by atoms with van der Waals surface area (Å²) in [5.74, 6) is 0. The standard InChI is InChI=1S/C16H10.2C14H10.C10H8.12C2H6.CH4/c1-3-11-7-9-13-5-2-6-14-10-8-12(4-1)15(11)16(13)14;1-3-7-13-11(5-1)9-10-12-6-2-4-8-14(12)13;1-2-6-12-10-14-8-4-3-7-13(14)9-11(12)5-1;1-2-6-10-8-4-3-7-9(10)5-1;12*1-2;/h1-10H;2*1-10H;1-8H;12*1-2H3;1H4. The molecule has 0 saturated heterocycles. The van der Waals surface area contributed by atoms with Crippen molar-refractivity contribution in [2.75, 3.05) is 0 Å². The van der Waals surface area contributed by atoms with Crippen LogP contribution in [0.3, 0.4) is 0 Å². The van der Waals surface area contributed by atoms with Gasteiger partial charge in [-0.3, -0.25) is 0 Å². The average molecular weight is 1060 g/mol. The van der Waals surface area contributed by atoms with Gasteiger partial charge < -0.3 is 0 Å². The van der Waals surface area contributed by atoms with Gasteiger partial charge in [0.2, 0.25) is 0 Å². The van der Waals surface area contributed by atoms with Crippen LogP contribution in [-0.2, 0) is 0 Å². The molecule has 79 heavy (non-hydrogen) atoms. The second-order valence-electron chi connectivity index (χ2n) is 13.7. The molecule has 12 rings (SSSR count). The highest BCUT2D eigenvalue weighted by Crippen LogP contribution is 2.34. The Morgan fingerprint density at radius 3 is 0.506 bits per heavy atom. The van der Waals surface area contributed by atoms with E-state index in [1.165, 1.54) is 86.2 Å². The zero-order chi connectivity index (χ0) is 60.1. The van der Waals surface area contributed by atoms with Crippen molar-refractivity contribution in [3.8, 4) is 0 Å². The monoisotopic (exact) mass is 1060 g/mol. The predicted octanol–water partition coefficient (Wildman–Crippen LogP) is 28.4. The third kappa shape index (κ3) is 26.0. The van der Waals surface area contributed by atoms with Crippen molar-refractivity contribution >= 4 is 86.2 Å². The Kier molecular flexibility index (Phi) is 57.0. The first-order valence-corrected chi connectivity index (χ1v) is 30.6. The molecule has 0 nitrogen and oxygen atoms in total. The quantitative estimate of drug-likeness (QED) is 0.105. The first-order valence-electron chi connectivity index (χ1n) is 30.6. The second kappa shape index (κ2) is 55.7. The largest absolute Gasteiger partial charge is 0.0776 e. The SMILES string of the molecule is C.CC.CC.CC.CC.CC.CC.CC.CC.CC.CC.CC.CC.c1cc2ccc3cccc4ccc(c1)c2c34.c1ccc2c(c1)ccc1ccccc12.c1ccc2cc3ccccc3cc2c1.c1ccc2ccccc2c1. The third-order valence-corrected chi connectivity index (χ3v) is 10.3. The van der Waals surface area contributed by atoms with Gasteiger partial charge in [0.15, 0.2) is 0 Å². The van der Waals surface area contributed by atoms with Gasteiger partial charge >= 0.3 is 0 Å². The van der Waals surface area contributed by atoms with Gasteiger partial charge in [0.05, 0.1) is 0 Å². The summed E-state index contributed by atoms with van der Waals surface area (Å²) >= 11 is 0. The lowest BCUT2D eigenvalue weighted by molar-refractivity contribution is 1.50. The molecule has 0 aliphatic carbocycles. The zero-order valence-electron chi connectivity index (χ0n) is 53.9. The van der Waals surface area contributed by atoms with Crippen LogP contribution in [0.2, 0.25) is 0 Å². The van der Waals surface area contributed by atoms with E-state index in [2.05, 4.69) is 231 Å². The van der Waals surface area contributed by atoms with Crippen molar-refractivity contribution in [1.82, 2.24) is 0 Å². The topological polar surface area (TPSA) is 0 Å². The number of benzene rings is 12. The Bertz CT molecular complexity index is 2800. The Balaban J connectivity index is -0.000000274. The van der Waals surface area contributed by atoms with Crippen molar-refractivity contribution in [2.24, 2.45) is 0 Å². The molecule has 0 radical (unpaired) electrons. The molecule has 0 heterocycles. The van der Waals surface area contributed by atoms with Crippen molar-refractivity contribution in [1.29, 1.82) is 0 Å². The van der Waals surface area contributed by atoms with E-state index < -0.39 is 0 Å². The third-order valence-electron chi connectivity index (χ3n) is 10.3. The fourth-order valence-corrected chi connectivity index (χ4v) is 7.64. The number of hydrogen-bond donors (Lipinski definition) is 0. The molecule has 0 aliphatic rings. The highest BCUT2D eigenvalue weighted by molar-refractivity contribution is 6.22. The van der Waals surface area contributed by atoms with E-state index in [1.54, 1.807) is 0 Å². The van der Waals surface area contributed by atoms with Gasteiger partial charge in [0.1, 0.15) is 0 Å². The molecule has 0 amide bonds. The molecular weight excluding hydrogens is 949 g/mol. The van der Waals surface area contributed by atoms with Crippen LogP contribution < -0.4 is 0 Å². The molecule has 0 bridgehead atoms. The van der Waals surface area contributed by atoms with Crippen molar-refractivity contribution in [3.63, 3.8) is 0 Å². The van der Waals surface area contributed by atoms with Gasteiger partial charge in [0, 0.05) is 0 Å². The lowest BCUT2D eigenvalue weighted by Crippen LogP contribution is -1.82. The lowest BCUT2D eigenvalue weighted by Gasteiger charge is -2.09. The van der Waals surface area contributed by atoms with E-state index >= 15 is 0 Å². The average Bonchev–Trinajstić information content (AvgIpc) is 3.58. The Morgan fingerprint density at radius 2 is 0.291 bits per heavy atom. The summed E-state index contributed by atoms with van der Waals surface area (Å²) in [4.78, 5) is 0. The molecule has 12 aromatic rings. The van der Waals surface area contributed by atoms with E-state index in [1.807, 2.05) is 166 Å². The van der Waals surface area contributed by atoms with Crippen LogP contribution in [0.25, 0.3) is 86.2 Å². The van der Waals surface area contributed by atoms with Crippen LogP contribution in [0.15, 0.2) is 231 Å². The summed E-state index contributed by atoms with van der Waals surface area (Å²) in [5, 5.41) is 21.3. The summed E-state index contributed by atoms with van der Waals surface area (Å²) in [7, 11) is 0. The van der Waals surface area contributed by atoms with Gasteiger partial charge in [-0.1, -0.05) is 392 Å². The Hall–Kier alpha value is -7.02. The number of hydrogen-bond acceptors (Lipinski definition) is 0. The van der Waals surface area contributed by atoms with E-state index in [4.69, 9.17) is 0 Å². The Labute approximate surface area is 487 Å². The first kappa shape index (κ1) is 80.8. The maximum Gasteiger partial charge on any atom is -0.00268 e. The molecule has 0 heteroatoms. The molecule has 0 aromatic heterocycles. The van der Waals surface area contributed by atoms with Gasteiger partial charge in [-0.2, -0.15) is 0 Å². The maximum absolute atomic E-state index is 2.24. The van der Waals surface area contributed by atoms with Crippen LogP contribution in [0.4, 0.5) is 0 Å². The summed E-state index contributed by atoms with van der Waals surface area (Å²) in [6.45, 7) is 48.0. The fraction of sp³-hybridized carbons (Fsp3) is 0.316. The molecule has 0 atom stereocenters. The van der Waals surface area contributed by atoms with Crippen LogP contribution in [0, 0.1) is 0 Å². The molecule has 0 aliphatic heterocycles. The lowest BCUT2D eigenvalue weighted by atomic mass is 9.95. The molecule has 0 spiro atoms. The van der Waals surface area contributed by atoms with Gasteiger partial charge in [-0.25, -0.2) is 0 Å². The van der Waals surface area contributed by atoms with Crippen LogP contribution >= 0.6 is 0 Å². The minimum atomic E-state index is 0. The van der Waals surface area contributed by atoms with Crippen LogP contribution in [-0.4, -0.2) is 0 Å². The smallest absolute Gasteiger partial charge is 0.00268 e. The van der Waals surface area contributed by atoms with E-state index in [-0.39, 0.29) is 7.43 Å². The van der Waals surface area contributed by atoms with Gasteiger partial charge in [0.25, 0.3) is 0 Å². The normalized spacial score (nSPS) is 8.41. The van der Waals surface area contributed by atoms with Crippen LogP contribution in [0.1, 0.15) is 174 Å². The summed E-state index contributed by atoms with van der Waals surface area (Å²) in [5.41, 5.74) is 0. The number of rotatable bonds is 0. The summed E-state index contributed by atoms with van der Waals surface area (Å²) < 4.78 is 0. The predicted molar refractivity (Wildman–Crippen MR) is 380 cm³/mol. The molecule has 0 unspecified atom stereocenters. The molecule has 0 saturated carbocycles. The van der Waals surface area contributed by atoms with E-state index in [0.717, 1.165) is 0 Å². The molecule has 430 valence electrons.